The van der Waals surface area contributed by atoms with Crippen LogP contribution in [0.2, 0.25) is 19.6 Å². The van der Waals surface area contributed by atoms with Crippen LogP contribution >= 0.6 is 0 Å². The quantitative estimate of drug-likeness (QED) is 0.0279. The number of amides is 5. The van der Waals surface area contributed by atoms with Gasteiger partial charge in [-0.25, -0.2) is 19.2 Å². The molecule has 0 fully saturated rings. The fourth-order valence-corrected chi connectivity index (χ4v) is 12.6. The van der Waals surface area contributed by atoms with E-state index in [9.17, 15) is 38.4 Å². The summed E-state index contributed by atoms with van der Waals surface area (Å²) in [6.07, 6.45) is -0.858. The van der Waals surface area contributed by atoms with Gasteiger partial charge in [-0.1, -0.05) is 187 Å². The molecule has 9 rings (SSSR count). The Morgan fingerprint density at radius 3 is 0.925 bits per heavy atom. The minimum atomic E-state index is -1.92. The Bertz CT molecular complexity index is 3480. The fraction of sp³-hybridized carbons (Fsp3) is 0.397. The molecular formula is C73H89N5O14Si. The van der Waals surface area contributed by atoms with E-state index in [0.717, 1.165) is 66.8 Å². The number of benzene rings is 6. The van der Waals surface area contributed by atoms with Crippen molar-refractivity contribution >= 4 is 56.3 Å². The lowest BCUT2D eigenvalue weighted by molar-refractivity contribution is -0.140. The van der Waals surface area contributed by atoms with Crippen LogP contribution in [0.5, 0.6) is 0 Å². The van der Waals surface area contributed by atoms with Crippen molar-refractivity contribution in [2.24, 2.45) is 17.8 Å². The lowest BCUT2D eigenvalue weighted by Crippen LogP contribution is -2.50. The Kier molecular flexibility index (Phi) is 25.1. The fourth-order valence-electron chi connectivity index (χ4n) is 11.9. The van der Waals surface area contributed by atoms with Gasteiger partial charge in [0.15, 0.2) is 0 Å². The molecule has 0 aromatic heterocycles. The molecule has 0 aliphatic heterocycles. The number of rotatable bonds is 24. The summed E-state index contributed by atoms with van der Waals surface area (Å²) in [6.45, 7) is 18.0. The summed E-state index contributed by atoms with van der Waals surface area (Å²) in [6, 6.07) is 46.2. The molecule has 6 aromatic carbocycles. The number of hydrogen-bond donors (Lipinski definition) is 5. The normalized spacial score (nSPS) is 13.5. The number of fused-ring (bicyclic) bond motifs is 9. The van der Waals surface area contributed by atoms with Crippen LogP contribution in [0.25, 0.3) is 33.4 Å². The van der Waals surface area contributed by atoms with E-state index in [-0.39, 0.29) is 86.0 Å². The van der Waals surface area contributed by atoms with Crippen molar-refractivity contribution in [1.29, 1.82) is 0 Å². The molecule has 3 aliphatic carbocycles. The number of nitrogens with one attached hydrogen (secondary N) is 3. The van der Waals surface area contributed by atoms with Gasteiger partial charge in [-0.3, -0.25) is 19.2 Å². The van der Waals surface area contributed by atoms with Crippen LogP contribution in [0.1, 0.15) is 118 Å². The van der Waals surface area contributed by atoms with E-state index in [4.69, 9.17) is 28.8 Å². The Labute approximate surface area is 546 Å². The molecule has 0 spiro atoms. The van der Waals surface area contributed by atoms with Gasteiger partial charge < -0.3 is 54.6 Å². The van der Waals surface area contributed by atoms with Gasteiger partial charge in [0, 0.05) is 57.8 Å². The van der Waals surface area contributed by atoms with Gasteiger partial charge in [0.25, 0.3) is 5.97 Å². The van der Waals surface area contributed by atoms with Crippen molar-refractivity contribution in [3.63, 3.8) is 0 Å². The van der Waals surface area contributed by atoms with E-state index in [0.29, 0.717) is 25.9 Å². The van der Waals surface area contributed by atoms with Gasteiger partial charge in [0.1, 0.15) is 37.9 Å². The van der Waals surface area contributed by atoms with E-state index >= 15 is 0 Å². The van der Waals surface area contributed by atoms with Crippen molar-refractivity contribution in [1.82, 2.24) is 25.8 Å². The summed E-state index contributed by atoms with van der Waals surface area (Å²) in [5.74, 6) is -3.31. The average Bonchev–Trinajstić information content (AvgIpc) is 1.64. The minimum Gasteiger partial charge on any atom is -0.520 e. The maximum atomic E-state index is 13.1. The first kappa shape index (κ1) is 71.1. The number of ether oxygens (including phenoxy) is 3. The maximum absolute atomic E-state index is 13.1. The highest BCUT2D eigenvalue weighted by atomic mass is 28.4. The smallest absolute Gasteiger partial charge is 0.407 e. The number of hydrogen-bond acceptors (Lipinski definition) is 12. The van der Waals surface area contributed by atoms with Crippen LogP contribution in [0, 0.1) is 17.8 Å². The number of nitrogens with zero attached hydrogens (tertiary/aromatic N) is 2. The summed E-state index contributed by atoms with van der Waals surface area (Å²) >= 11 is 0. The van der Waals surface area contributed by atoms with Crippen molar-refractivity contribution in [3.05, 3.63) is 179 Å². The van der Waals surface area contributed by atoms with Crippen LogP contribution in [0.15, 0.2) is 146 Å². The summed E-state index contributed by atoms with van der Waals surface area (Å²) in [5, 5.41) is 25.8. The number of carboxylic acid groups (broad SMARTS) is 2. The number of carboxylic acids is 2. The highest BCUT2D eigenvalue weighted by Gasteiger charge is 2.35. The molecule has 3 atom stereocenters. The molecule has 0 bridgehead atoms. The first-order valence-corrected chi connectivity index (χ1v) is 35.2. The van der Waals surface area contributed by atoms with Crippen LogP contribution in [0.4, 0.5) is 14.4 Å². The van der Waals surface area contributed by atoms with E-state index < -0.39 is 56.7 Å². The summed E-state index contributed by atoms with van der Waals surface area (Å²) in [4.78, 5) is 100. The average molecular weight is 1290 g/mol. The molecule has 0 heterocycles. The lowest BCUT2D eigenvalue weighted by Gasteiger charge is -2.27. The number of carbonyl (C=O) groups is 8. The monoisotopic (exact) mass is 1290 g/mol. The molecule has 5 N–H and O–H groups in total. The van der Waals surface area contributed by atoms with Gasteiger partial charge in [-0.15, -0.1) is 0 Å². The van der Waals surface area contributed by atoms with Crippen LogP contribution in [-0.2, 0) is 42.6 Å². The molecule has 6 aromatic rings. The van der Waals surface area contributed by atoms with Crippen LogP contribution < -0.4 is 16.0 Å². The first-order chi connectivity index (χ1) is 44.3. The summed E-state index contributed by atoms with van der Waals surface area (Å²) in [5.41, 5.74) is 13.7. The molecule has 93 heavy (non-hydrogen) atoms. The zero-order valence-corrected chi connectivity index (χ0v) is 56.1. The second-order valence-electron chi connectivity index (χ2n) is 25.6. The largest absolute Gasteiger partial charge is 0.520 e. The number of aliphatic carboxylic acids is 2. The van der Waals surface area contributed by atoms with Gasteiger partial charge in [0.05, 0.1) is 0 Å². The Morgan fingerprint density at radius 2 is 0.677 bits per heavy atom. The second-order valence-corrected chi connectivity index (χ2v) is 30.0. The third-order valence-electron chi connectivity index (χ3n) is 16.6. The first-order valence-electron chi connectivity index (χ1n) is 31.8. The number of likely N-dealkylation sites (N-methyl/N-ethyl adjacent to an activating group) is 2. The molecule has 0 unspecified atom stereocenters. The maximum Gasteiger partial charge on any atom is 0.407 e. The third-order valence-corrected chi connectivity index (χ3v) is 17.4. The number of carbonyl (C=O) groups excluding carboxylic acids is 6. The predicted octanol–water partition coefficient (Wildman–Crippen LogP) is 12.7. The Morgan fingerprint density at radius 1 is 0.419 bits per heavy atom. The highest BCUT2D eigenvalue weighted by Crippen LogP contribution is 2.47. The van der Waals surface area contributed by atoms with Crippen molar-refractivity contribution in [3.8, 4) is 33.4 Å². The molecule has 19 nitrogen and oxygen atoms in total. The molecule has 3 aliphatic rings. The molecule has 20 heteroatoms. The molecule has 5 amide bonds. The van der Waals surface area contributed by atoms with Crippen molar-refractivity contribution in [2.75, 3.05) is 47.0 Å². The zero-order valence-electron chi connectivity index (χ0n) is 55.1. The van der Waals surface area contributed by atoms with Crippen molar-refractivity contribution < 1.29 is 67.2 Å². The van der Waals surface area contributed by atoms with E-state index in [1.807, 2.05) is 144 Å². The molecule has 0 saturated heterocycles. The van der Waals surface area contributed by atoms with Crippen LogP contribution in [-0.4, -0.2) is 141 Å². The standard InChI is InChI=1S/C28H38N2O5Si.C25H30N2O5.C20H21NO4/c1-19(2)26(27(32)30(3)17-11-16-25(31)35-36(4,5)6)29-28(33)34-18-24-22-14-9-7-12-20(22)21-13-8-10-15-23(21)24;1-16(2)23(24(30)27(3)14-8-13-22(28)29)26-25(31)32-15-21-19-11-6-4-9-17(19)18-10-5-7-12-20(18)21;1-12(2)18(19(22)23)21-20(24)25-11-17-15-9-5-3-7-13(15)14-8-4-6-10-16(14)17/h7-10,12-15,19,24,26H,11,16-18H2,1-6H3,(H,29,33);4-7,9-12,16,21,23H,8,13-15H2,1-3H3,(H,26,31)(H,28,29);3-10,12,17-18H,11H2,1-2H3,(H,21,24)(H,22,23)/t26-;23-;18-/m000/s1. The van der Waals surface area contributed by atoms with E-state index in [1.165, 1.54) is 4.90 Å². The Hall–Kier alpha value is -9.30. The van der Waals surface area contributed by atoms with Gasteiger partial charge in [0.2, 0.25) is 20.1 Å². The lowest BCUT2D eigenvalue weighted by atomic mass is 9.98. The third kappa shape index (κ3) is 18.9. The highest BCUT2D eigenvalue weighted by molar-refractivity contribution is 6.71. The molecule has 0 saturated carbocycles. The Balaban J connectivity index is 0.000000201. The predicted molar refractivity (Wildman–Crippen MR) is 359 cm³/mol. The topological polar surface area (TPSA) is 257 Å². The van der Waals surface area contributed by atoms with Gasteiger partial charge in [-0.2, -0.15) is 0 Å². The van der Waals surface area contributed by atoms with Crippen molar-refractivity contribution in [2.45, 2.75) is 123 Å². The molecule has 0 radical (unpaired) electrons. The van der Waals surface area contributed by atoms with E-state index in [1.54, 1.807) is 32.8 Å². The van der Waals surface area contributed by atoms with Gasteiger partial charge >= 0.3 is 30.2 Å². The van der Waals surface area contributed by atoms with E-state index in [2.05, 4.69) is 64.5 Å². The molecule has 494 valence electrons. The second kappa shape index (κ2) is 32.8. The zero-order chi connectivity index (χ0) is 67.7. The van der Waals surface area contributed by atoms with Crippen LogP contribution in [0.3, 0.4) is 0 Å². The SMILES string of the molecule is CC(C)[C@H](NC(=O)OCC1c2ccccc2-c2ccccc21)C(=O)N(C)CCCC(=O)O.CC(C)[C@H](NC(=O)OCC1c2ccccc2-c2ccccc21)C(=O)N(C)CCCC(=O)O[Si](C)(C)C.CC(C)[C@H](NC(=O)OCC1c2ccccc2-c2ccccc21)C(=O)O. The van der Waals surface area contributed by atoms with Gasteiger partial charge in [-0.05, 0) is 117 Å². The summed E-state index contributed by atoms with van der Waals surface area (Å²) < 4.78 is 22.0. The molecular weight excluding hydrogens is 1200 g/mol. The number of alkyl carbamates (subject to hydrolysis) is 3. The summed E-state index contributed by atoms with van der Waals surface area (Å²) in [7, 11) is 1.37. The minimum absolute atomic E-state index is 0.0101.